The summed E-state index contributed by atoms with van der Waals surface area (Å²) in [5.41, 5.74) is 3.42. The Balaban J connectivity index is 1.59. The highest BCUT2D eigenvalue weighted by atomic mass is 32.2. The predicted molar refractivity (Wildman–Crippen MR) is 115 cm³/mol. The fourth-order valence-corrected chi connectivity index (χ4v) is 6.00. The third-order valence-electron chi connectivity index (χ3n) is 6.22. The highest BCUT2D eigenvalue weighted by molar-refractivity contribution is 7.90. The van der Waals surface area contributed by atoms with Crippen LogP contribution in [0.4, 0.5) is 5.69 Å². The van der Waals surface area contributed by atoms with Crippen LogP contribution in [0.2, 0.25) is 0 Å². The molecule has 0 unspecified atom stereocenters. The normalized spacial score (nSPS) is 22.6. The van der Waals surface area contributed by atoms with E-state index in [0.29, 0.717) is 22.2 Å². The Bertz CT molecular complexity index is 1150. The number of nitrogens with zero attached hydrogens (tertiary/aromatic N) is 3. The van der Waals surface area contributed by atoms with Crippen LogP contribution in [0, 0.1) is 5.92 Å². The van der Waals surface area contributed by atoms with Gasteiger partial charge in [-0.3, -0.25) is 4.98 Å². The lowest BCUT2D eigenvalue weighted by Gasteiger charge is -2.19. The fourth-order valence-electron chi connectivity index (χ4n) is 4.60. The molecule has 0 amide bonds. The molecule has 1 N–H and O–H groups in total. The van der Waals surface area contributed by atoms with Crippen LogP contribution in [0.15, 0.2) is 53.7 Å². The third kappa shape index (κ3) is 3.22. The Kier molecular flexibility index (Phi) is 4.59. The Morgan fingerprint density at radius 3 is 2.83 bits per heavy atom. The summed E-state index contributed by atoms with van der Waals surface area (Å²) in [6, 6.07) is 11.0. The van der Waals surface area contributed by atoms with E-state index in [9.17, 15) is 8.42 Å². The monoisotopic (exact) mass is 410 g/mol. The van der Waals surface area contributed by atoms with Gasteiger partial charge >= 0.3 is 0 Å². The van der Waals surface area contributed by atoms with Crippen LogP contribution < -0.4 is 10.2 Å². The number of nitrogens with one attached hydrogen (secondary N) is 1. The van der Waals surface area contributed by atoms with Crippen molar-refractivity contribution in [2.45, 2.75) is 30.6 Å². The highest BCUT2D eigenvalue weighted by Gasteiger charge is 2.27. The molecule has 4 heterocycles. The predicted octanol–water partition coefficient (Wildman–Crippen LogP) is 3.20. The standard InChI is InChI=1S/C22H26N4O2S/c1-16-8-11-25(14-16)18-4-2-5-19(12-18)29(27,28)26-15-20(17-7-10-23-13-17)22-21(26)6-3-9-24-22/h2-6,9,12,15-17,23H,7-8,10-11,13-14H2,1H3/t16-,17-/m0/s1. The van der Waals surface area contributed by atoms with Gasteiger partial charge in [-0.05, 0) is 55.6 Å². The van der Waals surface area contributed by atoms with Gasteiger partial charge in [0.1, 0.15) is 0 Å². The molecule has 0 bridgehead atoms. The second-order valence-corrected chi connectivity index (χ2v) is 10.1. The van der Waals surface area contributed by atoms with Gasteiger partial charge in [-0.1, -0.05) is 13.0 Å². The van der Waals surface area contributed by atoms with Crippen molar-refractivity contribution in [2.75, 3.05) is 31.1 Å². The Morgan fingerprint density at radius 1 is 1.17 bits per heavy atom. The minimum Gasteiger partial charge on any atom is -0.371 e. The molecule has 0 aliphatic carbocycles. The van der Waals surface area contributed by atoms with Gasteiger partial charge in [0.15, 0.2) is 0 Å². The Labute approximate surface area is 171 Å². The summed E-state index contributed by atoms with van der Waals surface area (Å²) in [6.45, 7) is 5.99. The van der Waals surface area contributed by atoms with Gasteiger partial charge in [0.05, 0.1) is 15.9 Å². The summed E-state index contributed by atoms with van der Waals surface area (Å²) >= 11 is 0. The largest absolute Gasteiger partial charge is 0.371 e. The average Bonchev–Trinajstić information content (AvgIpc) is 3.47. The lowest BCUT2D eigenvalue weighted by molar-refractivity contribution is 0.588. The van der Waals surface area contributed by atoms with Crippen molar-refractivity contribution in [3.8, 4) is 0 Å². The summed E-state index contributed by atoms with van der Waals surface area (Å²) < 4.78 is 28.6. The second-order valence-electron chi connectivity index (χ2n) is 8.28. The van der Waals surface area contributed by atoms with Crippen LogP contribution in [-0.4, -0.2) is 43.6 Å². The molecule has 152 valence electrons. The maximum Gasteiger partial charge on any atom is 0.268 e. The molecule has 5 rings (SSSR count). The number of anilines is 1. The van der Waals surface area contributed by atoms with E-state index in [1.165, 1.54) is 3.97 Å². The molecule has 2 aromatic heterocycles. The number of pyridine rings is 1. The van der Waals surface area contributed by atoms with Crippen molar-refractivity contribution in [1.29, 1.82) is 0 Å². The maximum atomic E-state index is 13.6. The van der Waals surface area contributed by atoms with E-state index in [1.54, 1.807) is 24.5 Å². The summed E-state index contributed by atoms with van der Waals surface area (Å²) in [5, 5.41) is 3.37. The second kappa shape index (κ2) is 7.15. The van der Waals surface area contributed by atoms with Crippen molar-refractivity contribution >= 4 is 26.7 Å². The molecule has 2 atom stereocenters. The van der Waals surface area contributed by atoms with Gasteiger partial charge in [0, 0.05) is 49.2 Å². The van der Waals surface area contributed by atoms with Crippen LogP contribution in [0.25, 0.3) is 11.0 Å². The molecule has 0 saturated carbocycles. The quantitative estimate of drug-likeness (QED) is 0.715. The van der Waals surface area contributed by atoms with E-state index >= 15 is 0 Å². The van der Waals surface area contributed by atoms with Gasteiger partial charge in [-0.25, -0.2) is 12.4 Å². The van der Waals surface area contributed by atoms with Crippen LogP contribution in [0.5, 0.6) is 0 Å². The van der Waals surface area contributed by atoms with E-state index in [-0.39, 0.29) is 0 Å². The van der Waals surface area contributed by atoms with Crippen molar-refractivity contribution in [2.24, 2.45) is 5.92 Å². The lowest BCUT2D eigenvalue weighted by atomic mass is 10.0. The molecular weight excluding hydrogens is 384 g/mol. The first-order valence-corrected chi connectivity index (χ1v) is 11.8. The van der Waals surface area contributed by atoms with Gasteiger partial charge in [-0.2, -0.15) is 0 Å². The molecule has 2 aliphatic heterocycles. The Hall–Kier alpha value is -2.38. The summed E-state index contributed by atoms with van der Waals surface area (Å²) in [4.78, 5) is 7.12. The van der Waals surface area contributed by atoms with Gasteiger partial charge in [0.25, 0.3) is 10.0 Å². The minimum atomic E-state index is -3.71. The van der Waals surface area contributed by atoms with Crippen molar-refractivity contribution in [3.63, 3.8) is 0 Å². The fraction of sp³-hybridized carbons (Fsp3) is 0.409. The first-order valence-electron chi connectivity index (χ1n) is 10.3. The van der Waals surface area contributed by atoms with Crippen LogP contribution in [-0.2, 0) is 10.0 Å². The molecule has 0 radical (unpaired) electrons. The van der Waals surface area contributed by atoms with E-state index in [0.717, 1.165) is 55.8 Å². The van der Waals surface area contributed by atoms with Crippen molar-refractivity contribution in [3.05, 3.63) is 54.4 Å². The molecule has 2 saturated heterocycles. The van der Waals surface area contributed by atoms with Gasteiger partial charge in [-0.15, -0.1) is 0 Å². The molecule has 7 heteroatoms. The van der Waals surface area contributed by atoms with Gasteiger partial charge in [0.2, 0.25) is 0 Å². The number of benzene rings is 1. The summed E-state index contributed by atoms with van der Waals surface area (Å²) in [6.07, 6.45) is 5.66. The first kappa shape index (κ1) is 18.6. The molecule has 3 aromatic rings. The molecular formula is C22H26N4O2S. The number of hydrogen-bond acceptors (Lipinski definition) is 5. The van der Waals surface area contributed by atoms with Crippen LogP contribution >= 0.6 is 0 Å². The maximum absolute atomic E-state index is 13.6. The van der Waals surface area contributed by atoms with E-state index in [1.807, 2.05) is 24.3 Å². The van der Waals surface area contributed by atoms with Crippen molar-refractivity contribution in [1.82, 2.24) is 14.3 Å². The average molecular weight is 411 g/mol. The molecule has 2 aliphatic rings. The highest BCUT2D eigenvalue weighted by Crippen LogP contribution is 2.33. The molecule has 1 aromatic carbocycles. The third-order valence-corrected chi connectivity index (χ3v) is 7.89. The molecule has 0 spiro atoms. The Morgan fingerprint density at radius 2 is 2.07 bits per heavy atom. The summed E-state index contributed by atoms with van der Waals surface area (Å²) in [7, 11) is -3.71. The SMILES string of the molecule is C[C@H]1CCN(c2cccc(S(=O)(=O)n3cc([C@H]4CCNC4)c4ncccc43)c2)C1. The molecule has 6 nitrogen and oxygen atoms in total. The summed E-state index contributed by atoms with van der Waals surface area (Å²) in [5.74, 6) is 0.929. The number of rotatable bonds is 4. The van der Waals surface area contributed by atoms with Gasteiger partial charge < -0.3 is 10.2 Å². The van der Waals surface area contributed by atoms with Crippen LogP contribution in [0.1, 0.15) is 31.2 Å². The van der Waals surface area contributed by atoms with Crippen molar-refractivity contribution < 1.29 is 8.42 Å². The van der Waals surface area contributed by atoms with Crippen LogP contribution in [0.3, 0.4) is 0 Å². The molecule has 2 fully saturated rings. The zero-order chi connectivity index (χ0) is 20.0. The molecule has 29 heavy (non-hydrogen) atoms. The topological polar surface area (TPSA) is 67.2 Å². The zero-order valence-electron chi connectivity index (χ0n) is 16.6. The lowest BCUT2D eigenvalue weighted by Crippen LogP contribution is -2.20. The zero-order valence-corrected chi connectivity index (χ0v) is 17.4. The number of aromatic nitrogens is 2. The smallest absolute Gasteiger partial charge is 0.268 e. The van der Waals surface area contributed by atoms with E-state index in [4.69, 9.17) is 0 Å². The number of fused-ring (bicyclic) bond motifs is 1. The minimum absolute atomic E-state index is 0.293. The first-order chi connectivity index (χ1) is 14.0. The van der Waals surface area contributed by atoms with E-state index < -0.39 is 10.0 Å². The van der Waals surface area contributed by atoms with E-state index in [2.05, 4.69) is 22.1 Å². The number of hydrogen-bond donors (Lipinski definition) is 1.